The average Bonchev–Trinajstić information content (AvgIpc) is 1.60. The molecule has 26 heteroatoms. The number of ketones is 2. The van der Waals surface area contributed by atoms with Crippen LogP contribution in [0.1, 0.15) is 178 Å². The molecule has 2 atom stereocenters. The number of aliphatic hydroxyl groups is 2. The fourth-order valence-corrected chi connectivity index (χ4v) is 22.4. The van der Waals surface area contributed by atoms with Crippen molar-refractivity contribution in [3.63, 3.8) is 0 Å². The number of hydrazine groups is 1. The Bertz CT molecular complexity index is 7140. The summed E-state index contributed by atoms with van der Waals surface area (Å²) in [5.41, 5.74) is 19.8. The number of allylic oxidation sites excluding steroid dienone is 4. The number of amides is 2. The molecule has 2 unspecified atom stereocenters. The summed E-state index contributed by atoms with van der Waals surface area (Å²) in [5, 5.41) is 58.1. The van der Waals surface area contributed by atoms with Gasteiger partial charge in [0.05, 0.1) is 24.4 Å². The molecule has 19 rings (SSSR count). The first-order valence-corrected chi connectivity index (χ1v) is 49.0. The number of benzene rings is 8. The number of halogens is 4. The molecule has 2 saturated heterocycles. The standard InChI is InChI=1S/C20H26O3.C19H16BrNO3.C19H16Cl2N2O2.C19H16FNO3S.C19H24O2.C18H15NO3/c1-12-8-13(2)17(14(3)9-12)18-16(21)11-20(19(18)22)7-5-6-15(10-20)23-4;1-10-8-13(20)9-11(2)15(10)16-17(22)12(3)18(24-19(16)23)14-6-4-5-7-21-14;20-14-6-3-12(4-7-14)13-5-8-16(21)15(11-13)17-18(24)22-9-1-2-10-23(22)19(17)25;1-10-8-11(2)15(14(9-10)24-3)16-17(22)21-18(25-19(16)23)12-4-6-13(20)7-5-12;1-12-9-13(2)16(14(3)10-12)17-15(20)11-19(18(17)21)7-5-4-6-8-19;1-11-7-3-4-8-13(11)15-16(20)12(2)17(22-18(15)21)14-9-5-6-10-19-14/h8-9,15,22H,5-7,10-11H2,1-4H3;4-9,22H,1-3H3;3-8,11,17H,1-2,9-10H2;4-9,22H,1-3H3;9-10,21H,4-8,11H2,1-3H3;3-10,20H,1-2H3. The van der Waals surface area contributed by atoms with E-state index in [4.69, 9.17) is 41.5 Å². The number of nitrogens with zero attached hydrogens (tertiary/aromatic N) is 5. The third-order valence-corrected chi connectivity index (χ3v) is 29.0. The van der Waals surface area contributed by atoms with Gasteiger partial charge in [0.2, 0.25) is 10.6 Å². The highest BCUT2D eigenvalue weighted by Crippen LogP contribution is 2.56. The Morgan fingerprint density at radius 1 is 0.471 bits per heavy atom. The number of aromatic nitrogens is 3. The maximum Gasteiger partial charge on any atom is 0.348 e. The second-order valence-electron chi connectivity index (χ2n) is 37.0. The van der Waals surface area contributed by atoms with E-state index >= 15 is 0 Å². The molecule has 13 aromatic rings. The van der Waals surface area contributed by atoms with Crippen molar-refractivity contribution in [1.29, 1.82) is 0 Å². The van der Waals surface area contributed by atoms with E-state index in [9.17, 15) is 63.5 Å². The number of Topliss-reactive ketones (excluding diaryl/α,β-unsaturated/α-hetero) is 2. The number of carbonyl (C=O) groups excluding carboxylic acids is 4. The summed E-state index contributed by atoms with van der Waals surface area (Å²) in [7, 11) is 3.24. The van der Waals surface area contributed by atoms with Crippen molar-refractivity contribution in [2.45, 2.75) is 186 Å². The number of hydrogen-bond acceptors (Lipinski definition) is 20. The first-order chi connectivity index (χ1) is 66.8. The molecule has 4 aliphatic carbocycles. The zero-order chi connectivity index (χ0) is 101. The SMILES string of the molecule is COC1CCCC2(CC(=O)C(c3c(C)cc(C)cc3C)=C2O)C1.COc1cc(C)cc(C)c1-c1c(O)nc(-c2ccc(F)cc2)sc1=O.Cc1cc(Br)cc(C)c1-c1c(O)c(C)c(-c2ccccn2)oc1=O.Cc1cc(C)c(C2=C(O)C3(CCCCC3)CC2=O)c(C)c1.Cc1ccccc1-c1c(O)c(C)c(-c2ccccn2)oc1=O.O=C1C(c2cc(-c3ccc(Cl)cc3)ccc2Cl)C(=O)N2CCCCN12. The summed E-state index contributed by atoms with van der Waals surface area (Å²) >= 11 is 16.6. The predicted molar refractivity (Wildman–Crippen MR) is 553 cm³/mol. The predicted octanol–water partition coefficient (Wildman–Crippen LogP) is 26.1. The number of pyridine rings is 2. The van der Waals surface area contributed by atoms with E-state index < -0.39 is 22.6 Å². The monoisotopic (exact) mass is 2010 g/mol. The number of ether oxygens (including phenoxy) is 2. The molecule has 2 spiro atoms. The van der Waals surface area contributed by atoms with Crippen LogP contribution in [0.5, 0.6) is 23.1 Å². The van der Waals surface area contributed by atoms with E-state index in [1.54, 1.807) is 98.0 Å². The molecule has 2 amide bonds. The number of aliphatic hydroxyl groups excluding tert-OH is 2. The van der Waals surface area contributed by atoms with Crippen LogP contribution >= 0.6 is 50.5 Å². The van der Waals surface area contributed by atoms with Crippen LogP contribution in [-0.4, -0.2) is 107 Å². The second-order valence-corrected chi connectivity index (χ2v) is 39.8. The highest BCUT2D eigenvalue weighted by atomic mass is 79.9. The third-order valence-electron chi connectivity index (χ3n) is 27.0. The number of carbonyl (C=O) groups is 4. The molecule has 5 N–H and O–H groups in total. The van der Waals surface area contributed by atoms with Gasteiger partial charge in [-0.15, -0.1) is 0 Å². The van der Waals surface area contributed by atoms with Crippen LogP contribution in [0, 0.1) is 107 Å². The van der Waals surface area contributed by atoms with Crippen LogP contribution < -0.4 is 20.7 Å². The molecule has 0 radical (unpaired) electrons. The topological polar surface area (TPSA) is 311 Å². The van der Waals surface area contributed by atoms with Crippen molar-refractivity contribution >= 4 is 85.0 Å². The van der Waals surface area contributed by atoms with Crippen molar-refractivity contribution in [1.82, 2.24) is 25.0 Å². The van der Waals surface area contributed by atoms with E-state index in [0.29, 0.717) is 125 Å². The largest absolute Gasteiger partial charge is 0.511 e. The lowest BCUT2D eigenvalue weighted by Gasteiger charge is -2.37. The smallest absolute Gasteiger partial charge is 0.348 e. The van der Waals surface area contributed by atoms with Gasteiger partial charge in [-0.3, -0.25) is 44.0 Å². The van der Waals surface area contributed by atoms with Crippen molar-refractivity contribution in [3.8, 4) is 101 Å². The summed E-state index contributed by atoms with van der Waals surface area (Å²) in [4.78, 5) is 101. The highest BCUT2D eigenvalue weighted by molar-refractivity contribution is 9.10. The minimum absolute atomic E-state index is 0.0637. The molecule has 0 bridgehead atoms. The van der Waals surface area contributed by atoms with Gasteiger partial charge in [-0.25, -0.2) is 19.0 Å². The van der Waals surface area contributed by atoms with Crippen LogP contribution in [0.4, 0.5) is 4.39 Å². The van der Waals surface area contributed by atoms with E-state index in [-0.39, 0.29) is 85.3 Å². The van der Waals surface area contributed by atoms with Crippen molar-refractivity contribution in [2.24, 2.45) is 10.8 Å². The Morgan fingerprint density at radius 2 is 0.936 bits per heavy atom. The van der Waals surface area contributed by atoms with Gasteiger partial charge in [0, 0.05) is 93.0 Å². The van der Waals surface area contributed by atoms with E-state index in [1.165, 1.54) is 48.9 Å². The molecule has 724 valence electrons. The first-order valence-electron chi connectivity index (χ1n) is 46.6. The number of hydrogen-bond donors (Lipinski definition) is 5. The zero-order valence-electron chi connectivity index (χ0n) is 81.0. The molecule has 2 aliphatic heterocycles. The highest BCUT2D eigenvalue weighted by Gasteiger charge is 2.51. The Kier molecular flexibility index (Phi) is 32.0. The van der Waals surface area contributed by atoms with E-state index in [2.05, 4.69) is 69.0 Å². The summed E-state index contributed by atoms with van der Waals surface area (Å²) in [5.74, 6) is -0.113. The van der Waals surface area contributed by atoms with E-state index in [1.807, 2.05) is 135 Å². The Hall–Kier alpha value is -13.2. The molecule has 6 aliphatic rings. The Labute approximate surface area is 835 Å². The number of fused-ring (bicyclic) bond motifs is 1. The van der Waals surface area contributed by atoms with Crippen LogP contribution in [0.25, 0.3) is 89.1 Å². The summed E-state index contributed by atoms with van der Waals surface area (Å²) in [6.07, 6.45) is 15.1. The molecular weight excluding hydrogens is 1900 g/mol. The molecule has 2 saturated carbocycles. The van der Waals surface area contributed by atoms with E-state index in [0.717, 1.165) is 152 Å². The van der Waals surface area contributed by atoms with Gasteiger partial charge < -0.3 is 43.8 Å². The quantitative estimate of drug-likeness (QED) is 0.0710. The number of aryl methyl sites for hydroxylation is 11. The fraction of sp³-hybridized carbons (Fsp3) is 0.298. The van der Waals surface area contributed by atoms with Crippen LogP contribution in [0.15, 0.2) is 228 Å². The lowest BCUT2D eigenvalue weighted by atomic mass is 9.71. The van der Waals surface area contributed by atoms with Crippen molar-refractivity contribution < 1.29 is 67.4 Å². The Morgan fingerprint density at radius 3 is 1.44 bits per heavy atom. The van der Waals surface area contributed by atoms with Gasteiger partial charge in [-0.2, -0.15) is 0 Å². The molecular formula is C114H113BrCl2FN5O16S. The summed E-state index contributed by atoms with van der Waals surface area (Å²) in [6, 6.07) is 52.4. The van der Waals surface area contributed by atoms with Crippen molar-refractivity contribution in [2.75, 3.05) is 27.3 Å². The average molecular weight is 2010 g/mol. The van der Waals surface area contributed by atoms with Gasteiger partial charge in [-0.05, 0) is 321 Å². The van der Waals surface area contributed by atoms with Gasteiger partial charge >= 0.3 is 11.3 Å². The first kappa shape index (κ1) is 103. The molecule has 4 fully saturated rings. The third kappa shape index (κ3) is 21.6. The Balaban J connectivity index is 0.000000134. The number of rotatable bonds is 12. The molecule has 21 nitrogen and oxygen atoms in total. The molecule has 8 aromatic carbocycles. The molecule has 140 heavy (non-hydrogen) atoms. The summed E-state index contributed by atoms with van der Waals surface area (Å²) < 4.78 is 35.5. The second kappa shape index (κ2) is 43.7. The van der Waals surface area contributed by atoms with Gasteiger partial charge in [-0.1, -0.05) is 166 Å². The number of aromatic hydroxyl groups is 3. The lowest BCUT2D eigenvalue weighted by Crippen LogP contribution is -2.45. The van der Waals surface area contributed by atoms with Crippen LogP contribution in [-0.2, 0) is 23.9 Å². The molecule has 7 heterocycles. The van der Waals surface area contributed by atoms with Gasteiger partial charge in [0.25, 0.3) is 11.8 Å². The van der Waals surface area contributed by atoms with Crippen molar-refractivity contribution in [3.05, 3.63) is 340 Å². The lowest BCUT2D eigenvalue weighted by molar-refractivity contribution is -0.150. The molecule has 5 aromatic heterocycles. The van der Waals surface area contributed by atoms with Gasteiger partial charge in [0.1, 0.15) is 73.6 Å². The maximum absolute atomic E-state index is 13.1. The van der Waals surface area contributed by atoms with Gasteiger partial charge in [0.15, 0.2) is 23.1 Å². The minimum atomic E-state index is -0.849. The van der Waals surface area contributed by atoms with Crippen LogP contribution in [0.3, 0.4) is 0 Å². The normalized spacial score (nSPS) is 16.5. The fourth-order valence-electron chi connectivity index (χ4n) is 20.5. The summed E-state index contributed by atoms with van der Waals surface area (Å²) in [6.45, 7) is 26.3. The number of methoxy groups -OCH3 is 2. The maximum atomic E-state index is 13.1. The minimum Gasteiger partial charge on any atom is -0.511 e. The van der Waals surface area contributed by atoms with Crippen LogP contribution in [0.2, 0.25) is 10.0 Å². The zero-order valence-corrected chi connectivity index (χ0v) is 85.0.